The maximum atomic E-state index is 12.9. The van der Waals surface area contributed by atoms with Crippen molar-refractivity contribution in [2.45, 2.75) is 0 Å². The molecule has 0 heterocycles. The van der Waals surface area contributed by atoms with Gasteiger partial charge in [-0.2, -0.15) is 0 Å². The second-order valence-corrected chi connectivity index (χ2v) is 3.40. The highest BCUT2D eigenvalue weighted by molar-refractivity contribution is 5.87. The Bertz CT molecular complexity index is 535. The van der Waals surface area contributed by atoms with E-state index in [9.17, 15) is 14.3 Å². The summed E-state index contributed by atoms with van der Waals surface area (Å²) in [6, 6.07) is 10.5. The molecule has 0 spiro atoms. The number of rotatable bonds is 2. The lowest BCUT2D eigenvalue weighted by molar-refractivity contribution is 0.112. The Labute approximate surface area is 92.0 Å². The number of carbonyl (C=O) groups excluding carboxylic acids is 1. The summed E-state index contributed by atoms with van der Waals surface area (Å²) in [6.45, 7) is 0. The van der Waals surface area contributed by atoms with E-state index in [0.717, 1.165) is 0 Å². The van der Waals surface area contributed by atoms with Crippen molar-refractivity contribution in [3.8, 4) is 16.9 Å². The van der Waals surface area contributed by atoms with Gasteiger partial charge in [-0.05, 0) is 35.4 Å². The van der Waals surface area contributed by atoms with Gasteiger partial charge in [-0.1, -0.05) is 18.2 Å². The minimum Gasteiger partial charge on any atom is -0.508 e. The molecule has 2 aromatic rings. The first-order valence-electron chi connectivity index (χ1n) is 4.75. The lowest BCUT2D eigenvalue weighted by Crippen LogP contribution is -1.89. The van der Waals surface area contributed by atoms with Gasteiger partial charge in [-0.25, -0.2) is 4.39 Å². The first-order valence-corrected chi connectivity index (χ1v) is 4.75. The van der Waals surface area contributed by atoms with Crippen LogP contribution < -0.4 is 0 Å². The smallest absolute Gasteiger partial charge is 0.150 e. The average Bonchev–Trinajstić information content (AvgIpc) is 2.28. The molecule has 80 valence electrons. The number of phenolic OH excluding ortho intramolecular Hbond substituents is 1. The molecule has 0 saturated carbocycles. The molecule has 16 heavy (non-hydrogen) atoms. The zero-order valence-electron chi connectivity index (χ0n) is 8.35. The number of carbonyl (C=O) groups is 1. The summed E-state index contributed by atoms with van der Waals surface area (Å²) in [5, 5.41) is 9.33. The Hall–Kier alpha value is -2.16. The molecule has 0 atom stereocenters. The third-order valence-electron chi connectivity index (χ3n) is 2.30. The number of hydrogen-bond acceptors (Lipinski definition) is 2. The third kappa shape index (κ3) is 1.93. The van der Waals surface area contributed by atoms with E-state index in [1.165, 1.54) is 30.3 Å². The molecule has 2 nitrogen and oxygen atoms in total. The summed E-state index contributed by atoms with van der Waals surface area (Å²) >= 11 is 0. The molecule has 0 unspecified atom stereocenters. The van der Waals surface area contributed by atoms with E-state index >= 15 is 0 Å². The molecule has 0 aliphatic heterocycles. The lowest BCUT2D eigenvalue weighted by Gasteiger charge is -2.05. The molecule has 0 aliphatic carbocycles. The summed E-state index contributed by atoms with van der Waals surface area (Å²) in [4.78, 5) is 10.8. The Kier molecular flexibility index (Phi) is 2.68. The van der Waals surface area contributed by atoms with Crippen LogP contribution >= 0.6 is 0 Å². The van der Waals surface area contributed by atoms with Gasteiger partial charge in [0.15, 0.2) is 6.29 Å². The van der Waals surface area contributed by atoms with Gasteiger partial charge < -0.3 is 5.11 Å². The van der Waals surface area contributed by atoms with Crippen LogP contribution in [0.3, 0.4) is 0 Å². The van der Waals surface area contributed by atoms with Crippen molar-refractivity contribution in [1.82, 2.24) is 0 Å². The zero-order chi connectivity index (χ0) is 11.5. The highest BCUT2D eigenvalue weighted by Crippen LogP contribution is 2.26. The van der Waals surface area contributed by atoms with Crippen molar-refractivity contribution in [3.63, 3.8) is 0 Å². The normalized spacial score (nSPS) is 10.1. The van der Waals surface area contributed by atoms with Crippen LogP contribution in [0.5, 0.6) is 5.75 Å². The van der Waals surface area contributed by atoms with E-state index in [1.54, 1.807) is 12.1 Å². The number of benzene rings is 2. The van der Waals surface area contributed by atoms with Crippen molar-refractivity contribution < 1.29 is 14.3 Å². The van der Waals surface area contributed by atoms with Crippen LogP contribution in [0.25, 0.3) is 11.1 Å². The highest BCUT2D eigenvalue weighted by Gasteiger charge is 2.06. The van der Waals surface area contributed by atoms with E-state index in [-0.39, 0.29) is 11.3 Å². The van der Waals surface area contributed by atoms with E-state index in [0.29, 0.717) is 17.4 Å². The second kappa shape index (κ2) is 4.14. The molecular weight excluding hydrogens is 207 g/mol. The maximum Gasteiger partial charge on any atom is 0.150 e. The summed E-state index contributed by atoms with van der Waals surface area (Å²) < 4.78 is 12.9. The van der Waals surface area contributed by atoms with E-state index in [2.05, 4.69) is 0 Å². The van der Waals surface area contributed by atoms with Gasteiger partial charge in [-0.3, -0.25) is 4.79 Å². The molecule has 0 radical (unpaired) electrons. The first-order chi connectivity index (χ1) is 7.70. The molecule has 2 aromatic carbocycles. The van der Waals surface area contributed by atoms with Gasteiger partial charge >= 0.3 is 0 Å². The maximum absolute atomic E-state index is 12.9. The van der Waals surface area contributed by atoms with Crippen LogP contribution in [0, 0.1) is 5.82 Å². The summed E-state index contributed by atoms with van der Waals surface area (Å²) in [6.07, 6.45) is 0.600. The fourth-order valence-electron chi connectivity index (χ4n) is 1.57. The summed E-state index contributed by atoms with van der Waals surface area (Å²) in [5.74, 6) is -0.343. The molecule has 0 saturated heterocycles. The van der Waals surface area contributed by atoms with Crippen molar-refractivity contribution >= 4 is 6.29 Å². The first kappa shape index (κ1) is 10.4. The van der Waals surface area contributed by atoms with Crippen molar-refractivity contribution in [2.75, 3.05) is 0 Å². The minimum atomic E-state index is -0.453. The Morgan fingerprint density at radius 3 is 2.62 bits per heavy atom. The van der Waals surface area contributed by atoms with Gasteiger partial charge in [-0.15, -0.1) is 0 Å². The predicted molar refractivity (Wildman–Crippen MR) is 58.9 cm³/mol. The lowest BCUT2D eigenvalue weighted by atomic mass is 10.0. The topological polar surface area (TPSA) is 37.3 Å². The van der Waals surface area contributed by atoms with Gasteiger partial charge in [0.1, 0.15) is 11.6 Å². The molecule has 1 N–H and O–H groups in total. The monoisotopic (exact) mass is 216 g/mol. The second-order valence-electron chi connectivity index (χ2n) is 3.40. The largest absolute Gasteiger partial charge is 0.508 e. The van der Waals surface area contributed by atoms with Crippen LogP contribution in [0.4, 0.5) is 4.39 Å². The van der Waals surface area contributed by atoms with Crippen LogP contribution in [0.2, 0.25) is 0 Å². The SMILES string of the molecule is O=Cc1cc(F)ccc1-c1cccc(O)c1. The Morgan fingerprint density at radius 2 is 1.94 bits per heavy atom. The van der Waals surface area contributed by atoms with Crippen LogP contribution in [-0.4, -0.2) is 11.4 Å². The molecule has 0 aliphatic rings. The minimum absolute atomic E-state index is 0.110. The molecule has 3 heteroatoms. The fourth-order valence-corrected chi connectivity index (χ4v) is 1.57. The quantitative estimate of drug-likeness (QED) is 0.783. The fraction of sp³-hybridized carbons (Fsp3) is 0. The van der Waals surface area contributed by atoms with Crippen LogP contribution in [0.1, 0.15) is 10.4 Å². The number of aldehydes is 1. The number of phenols is 1. The summed E-state index contributed by atoms with van der Waals surface area (Å²) in [7, 11) is 0. The van der Waals surface area contributed by atoms with Gasteiger partial charge in [0.25, 0.3) is 0 Å². The third-order valence-corrected chi connectivity index (χ3v) is 2.30. The number of aromatic hydroxyl groups is 1. The predicted octanol–water partition coefficient (Wildman–Crippen LogP) is 3.01. The van der Waals surface area contributed by atoms with E-state index in [1.807, 2.05) is 0 Å². The van der Waals surface area contributed by atoms with Crippen molar-refractivity contribution in [1.29, 1.82) is 0 Å². The molecule has 0 fully saturated rings. The van der Waals surface area contributed by atoms with Gasteiger partial charge in [0.05, 0.1) is 0 Å². The number of halogens is 1. The highest BCUT2D eigenvalue weighted by atomic mass is 19.1. The van der Waals surface area contributed by atoms with Crippen molar-refractivity contribution in [2.24, 2.45) is 0 Å². The zero-order valence-corrected chi connectivity index (χ0v) is 8.35. The average molecular weight is 216 g/mol. The number of hydrogen-bond donors (Lipinski definition) is 1. The van der Waals surface area contributed by atoms with Crippen LogP contribution in [0.15, 0.2) is 42.5 Å². The molecular formula is C13H9FO2. The standard InChI is InChI=1S/C13H9FO2/c14-11-4-5-13(10(6-11)8-15)9-2-1-3-12(16)7-9/h1-8,16H. The van der Waals surface area contributed by atoms with E-state index < -0.39 is 5.82 Å². The Morgan fingerprint density at radius 1 is 1.12 bits per heavy atom. The molecule has 0 aromatic heterocycles. The van der Waals surface area contributed by atoms with Gasteiger partial charge in [0, 0.05) is 5.56 Å². The van der Waals surface area contributed by atoms with Crippen LogP contribution in [-0.2, 0) is 0 Å². The van der Waals surface area contributed by atoms with Crippen molar-refractivity contribution in [3.05, 3.63) is 53.8 Å². The molecule has 0 amide bonds. The van der Waals surface area contributed by atoms with E-state index in [4.69, 9.17) is 0 Å². The Balaban J connectivity index is 2.59. The molecule has 2 rings (SSSR count). The van der Waals surface area contributed by atoms with Gasteiger partial charge in [0.2, 0.25) is 0 Å². The summed E-state index contributed by atoms with van der Waals surface area (Å²) in [5.41, 5.74) is 1.56. The molecule has 0 bridgehead atoms.